The largest absolute Gasteiger partial charge is 0.483 e. The monoisotopic (exact) mass is 410 g/mol. The zero-order valence-corrected chi connectivity index (χ0v) is 17.2. The van der Waals surface area contributed by atoms with Crippen molar-refractivity contribution >= 4 is 33.2 Å². The Kier molecular flexibility index (Phi) is 6.86. The number of carbonyl (C=O) groups is 1. The van der Waals surface area contributed by atoms with Crippen molar-refractivity contribution in [1.82, 2.24) is 4.72 Å². The van der Waals surface area contributed by atoms with Gasteiger partial charge in [0.05, 0.1) is 4.90 Å². The van der Waals surface area contributed by atoms with Crippen LogP contribution in [-0.4, -0.2) is 27.0 Å². The van der Waals surface area contributed by atoms with Crippen molar-refractivity contribution in [2.75, 3.05) is 11.9 Å². The number of nitrogens with one attached hydrogen (secondary N) is 2. The van der Waals surface area contributed by atoms with Gasteiger partial charge in [-0.05, 0) is 69.2 Å². The lowest BCUT2D eigenvalue weighted by Gasteiger charge is -2.13. The first-order valence-electron chi connectivity index (χ1n) is 8.40. The number of sulfonamides is 1. The molecular formula is C19H23ClN2O4S. The molecule has 27 heavy (non-hydrogen) atoms. The van der Waals surface area contributed by atoms with Crippen molar-refractivity contribution in [2.45, 2.75) is 38.6 Å². The van der Waals surface area contributed by atoms with E-state index >= 15 is 0 Å². The molecule has 2 aromatic rings. The minimum Gasteiger partial charge on any atom is -0.483 e. The van der Waals surface area contributed by atoms with Crippen molar-refractivity contribution in [2.24, 2.45) is 0 Å². The number of carbonyl (C=O) groups excluding carboxylic acids is 1. The van der Waals surface area contributed by atoms with E-state index in [1.165, 1.54) is 12.1 Å². The zero-order valence-electron chi connectivity index (χ0n) is 15.7. The lowest BCUT2D eigenvalue weighted by atomic mass is 10.2. The van der Waals surface area contributed by atoms with Crippen molar-refractivity contribution in [3.05, 3.63) is 52.5 Å². The van der Waals surface area contributed by atoms with E-state index in [-0.39, 0.29) is 23.5 Å². The highest BCUT2D eigenvalue weighted by atomic mass is 35.5. The van der Waals surface area contributed by atoms with Crippen molar-refractivity contribution in [3.63, 3.8) is 0 Å². The van der Waals surface area contributed by atoms with Gasteiger partial charge in [0, 0.05) is 16.8 Å². The lowest BCUT2D eigenvalue weighted by Crippen LogP contribution is -2.30. The van der Waals surface area contributed by atoms with Crippen LogP contribution in [0.15, 0.2) is 41.3 Å². The SMILES string of the molecule is Cc1ccc(Cl)cc1NC(=O)COc1ccc(S(=O)(=O)NC(C)C)cc1C. The molecule has 0 aliphatic heterocycles. The second-order valence-electron chi connectivity index (χ2n) is 6.50. The second-order valence-corrected chi connectivity index (χ2v) is 8.65. The highest BCUT2D eigenvalue weighted by Crippen LogP contribution is 2.23. The first-order chi connectivity index (χ1) is 12.6. The molecule has 0 radical (unpaired) electrons. The normalized spacial score (nSPS) is 11.5. The molecule has 2 N–H and O–H groups in total. The van der Waals surface area contributed by atoms with Gasteiger partial charge < -0.3 is 10.1 Å². The summed E-state index contributed by atoms with van der Waals surface area (Å²) in [6.45, 7) is 6.89. The summed E-state index contributed by atoms with van der Waals surface area (Å²) in [5, 5.41) is 3.27. The van der Waals surface area contributed by atoms with Crippen LogP contribution in [-0.2, 0) is 14.8 Å². The van der Waals surface area contributed by atoms with Gasteiger partial charge in [0.25, 0.3) is 5.91 Å². The highest BCUT2D eigenvalue weighted by molar-refractivity contribution is 7.89. The van der Waals surface area contributed by atoms with Gasteiger partial charge in [-0.25, -0.2) is 13.1 Å². The Hall–Kier alpha value is -2.09. The maximum atomic E-state index is 12.2. The molecule has 0 atom stereocenters. The maximum absolute atomic E-state index is 12.2. The molecule has 6 nitrogen and oxygen atoms in total. The predicted molar refractivity (Wildman–Crippen MR) is 107 cm³/mol. The molecule has 1 amide bonds. The lowest BCUT2D eigenvalue weighted by molar-refractivity contribution is -0.118. The molecule has 146 valence electrons. The van der Waals surface area contributed by atoms with E-state index in [0.717, 1.165) is 5.56 Å². The van der Waals surface area contributed by atoms with Crippen LogP contribution in [0, 0.1) is 13.8 Å². The molecule has 0 saturated carbocycles. The molecule has 0 unspecified atom stereocenters. The number of halogens is 1. The standard InChI is InChI=1S/C19H23ClN2O4S/c1-12(2)22-27(24,25)16-7-8-18(14(4)9-16)26-11-19(23)21-17-10-15(20)6-5-13(17)3/h5-10,12,22H,11H2,1-4H3,(H,21,23). The number of hydrogen-bond donors (Lipinski definition) is 2. The Morgan fingerprint density at radius 2 is 1.81 bits per heavy atom. The Labute approximate surface area is 164 Å². The third-order valence-corrected chi connectivity index (χ3v) is 5.57. The van der Waals surface area contributed by atoms with Gasteiger partial charge in [-0.1, -0.05) is 17.7 Å². The molecule has 0 spiro atoms. The predicted octanol–water partition coefficient (Wildman–Crippen LogP) is 3.66. The van der Waals surface area contributed by atoms with Gasteiger partial charge >= 0.3 is 0 Å². The van der Waals surface area contributed by atoms with Gasteiger partial charge in [0.1, 0.15) is 5.75 Å². The molecule has 8 heteroatoms. The summed E-state index contributed by atoms with van der Waals surface area (Å²) in [6.07, 6.45) is 0. The van der Waals surface area contributed by atoms with Crippen LogP contribution in [0.3, 0.4) is 0 Å². The average molecular weight is 411 g/mol. The highest BCUT2D eigenvalue weighted by Gasteiger charge is 2.17. The Balaban J connectivity index is 2.04. The van der Waals surface area contributed by atoms with Gasteiger partial charge in [-0.15, -0.1) is 0 Å². The van der Waals surface area contributed by atoms with Crippen LogP contribution >= 0.6 is 11.6 Å². The molecule has 0 aromatic heterocycles. The Morgan fingerprint density at radius 1 is 1.11 bits per heavy atom. The minimum atomic E-state index is -3.58. The average Bonchev–Trinajstić information content (AvgIpc) is 2.56. The van der Waals surface area contributed by atoms with Crippen LogP contribution in [0.2, 0.25) is 5.02 Å². The Bertz CT molecular complexity index is 943. The summed E-state index contributed by atoms with van der Waals surface area (Å²) in [7, 11) is -3.58. The smallest absolute Gasteiger partial charge is 0.262 e. The molecule has 0 bridgehead atoms. The van der Waals surface area contributed by atoms with Crippen LogP contribution in [0.1, 0.15) is 25.0 Å². The molecule has 2 rings (SSSR count). The van der Waals surface area contributed by atoms with E-state index in [1.807, 2.05) is 13.0 Å². The van der Waals surface area contributed by atoms with Gasteiger partial charge in [-0.3, -0.25) is 4.79 Å². The summed E-state index contributed by atoms with van der Waals surface area (Å²) in [6, 6.07) is 9.53. The molecule has 0 fully saturated rings. The number of ether oxygens (including phenoxy) is 1. The van der Waals surface area contributed by atoms with Crippen LogP contribution in [0.5, 0.6) is 5.75 Å². The first-order valence-corrected chi connectivity index (χ1v) is 10.3. The summed E-state index contributed by atoms with van der Waals surface area (Å²) in [4.78, 5) is 12.3. The van der Waals surface area contributed by atoms with Crippen LogP contribution < -0.4 is 14.8 Å². The first kappa shape index (κ1) is 21.2. The maximum Gasteiger partial charge on any atom is 0.262 e. The molecule has 0 aliphatic rings. The van der Waals surface area contributed by atoms with Crippen molar-refractivity contribution in [3.8, 4) is 5.75 Å². The Morgan fingerprint density at radius 3 is 2.44 bits per heavy atom. The third kappa shape index (κ3) is 5.95. The molecular weight excluding hydrogens is 388 g/mol. The number of hydrogen-bond acceptors (Lipinski definition) is 4. The van der Waals surface area contributed by atoms with E-state index in [2.05, 4.69) is 10.0 Å². The third-order valence-electron chi connectivity index (χ3n) is 3.68. The van der Waals surface area contributed by atoms with Gasteiger partial charge in [0.2, 0.25) is 10.0 Å². The summed E-state index contributed by atoms with van der Waals surface area (Å²) >= 11 is 5.94. The van der Waals surface area contributed by atoms with E-state index in [1.54, 1.807) is 39.0 Å². The fourth-order valence-corrected chi connectivity index (χ4v) is 3.90. The fraction of sp³-hybridized carbons (Fsp3) is 0.316. The second kappa shape index (κ2) is 8.73. The molecule has 0 aliphatic carbocycles. The van der Waals surface area contributed by atoms with Crippen LogP contribution in [0.25, 0.3) is 0 Å². The summed E-state index contributed by atoms with van der Waals surface area (Å²) in [5.74, 6) is 0.106. The van der Waals surface area contributed by atoms with Gasteiger partial charge in [0.15, 0.2) is 6.61 Å². The summed E-state index contributed by atoms with van der Waals surface area (Å²) < 4.78 is 32.5. The number of amides is 1. The fourth-order valence-electron chi connectivity index (χ4n) is 2.39. The number of benzene rings is 2. The van der Waals surface area contributed by atoms with Crippen LogP contribution in [0.4, 0.5) is 5.69 Å². The van der Waals surface area contributed by atoms with E-state index < -0.39 is 10.0 Å². The zero-order chi connectivity index (χ0) is 20.2. The minimum absolute atomic E-state index is 0.153. The molecule has 2 aromatic carbocycles. The van der Waals surface area contributed by atoms with E-state index in [9.17, 15) is 13.2 Å². The van der Waals surface area contributed by atoms with Gasteiger partial charge in [-0.2, -0.15) is 0 Å². The topological polar surface area (TPSA) is 84.5 Å². The van der Waals surface area contributed by atoms with Crippen molar-refractivity contribution < 1.29 is 17.9 Å². The number of aryl methyl sites for hydroxylation is 2. The summed E-state index contributed by atoms with van der Waals surface area (Å²) in [5.41, 5.74) is 2.12. The van der Waals surface area contributed by atoms with Crippen molar-refractivity contribution in [1.29, 1.82) is 0 Å². The quantitative estimate of drug-likeness (QED) is 0.729. The molecule has 0 heterocycles. The van der Waals surface area contributed by atoms with E-state index in [0.29, 0.717) is 22.0 Å². The number of rotatable bonds is 7. The molecule has 0 saturated heterocycles. The number of anilines is 1. The van der Waals surface area contributed by atoms with E-state index in [4.69, 9.17) is 16.3 Å².